The summed E-state index contributed by atoms with van der Waals surface area (Å²) in [5.41, 5.74) is 0. The third-order valence-electron chi connectivity index (χ3n) is 3.83. The third kappa shape index (κ3) is 5.40. The van der Waals surface area contributed by atoms with Gasteiger partial charge in [-0.05, 0) is 51.0 Å². The molecule has 0 aromatic carbocycles. The van der Waals surface area contributed by atoms with E-state index >= 15 is 0 Å². The Labute approximate surface area is 118 Å². The number of nitrogens with one attached hydrogen (secondary N) is 1. The summed E-state index contributed by atoms with van der Waals surface area (Å²) in [6.07, 6.45) is 6.30. The Morgan fingerprint density at radius 1 is 1.16 bits per heavy atom. The van der Waals surface area contributed by atoms with Crippen molar-refractivity contribution in [1.82, 2.24) is 9.62 Å². The Hall–Kier alpha value is -0.130. The van der Waals surface area contributed by atoms with Gasteiger partial charge in [0.2, 0.25) is 10.0 Å². The Balaban J connectivity index is 1.72. The van der Waals surface area contributed by atoms with Crippen LogP contribution in [-0.2, 0) is 10.0 Å². The molecule has 0 saturated heterocycles. The van der Waals surface area contributed by atoms with E-state index in [4.69, 9.17) is 0 Å². The average Bonchev–Trinajstić information content (AvgIpc) is 3.17. The van der Waals surface area contributed by atoms with Crippen molar-refractivity contribution < 1.29 is 8.42 Å². The van der Waals surface area contributed by atoms with Crippen LogP contribution in [0.15, 0.2) is 0 Å². The van der Waals surface area contributed by atoms with Gasteiger partial charge < -0.3 is 5.32 Å². The number of nitrogens with zero attached hydrogens (tertiary/aromatic N) is 1. The van der Waals surface area contributed by atoms with Gasteiger partial charge >= 0.3 is 0 Å². The first kappa shape index (κ1) is 15.3. The molecule has 0 heterocycles. The van der Waals surface area contributed by atoms with Crippen molar-refractivity contribution in [2.24, 2.45) is 5.92 Å². The fraction of sp³-hybridized carbons (Fsp3) is 1.00. The molecule has 0 spiro atoms. The largest absolute Gasteiger partial charge is 0.315 e. The summed E-state index contributed by atoms with van der Waals surface area (Å²) in [6, 6.07) is 0.814. The van der Waals surface area contributed by atoms with Gasteiger partial charge in [-0.15, -0.1) is 0 Å². The second-order valence-electron chi connectivity index (χ2n) is 6.38. The summed E-state index contributed by atoms with van der Waals surface area (Å²) in [4.78, 5) is 0. The fourth-order valence-corrected chi connectivity index (χ4v) is 4.23. The fourth-order valence-electron chi connectivity index (χ4n) is 2.32. The van der Waals surface area contributed by atoms with Crippen LogP contribution in [0.3, 0.4) is 0 Å². The molecule has 2 aliphatic rings. The summed E-state index contributed by atoms with van der Waals surface area (Å²) < 4.78 is 26.6. The van der Waals surface area contributed by atoms with Crippen LogP contribution in [0.5, 0.6) is 0 Å². The van der Waals surface area contributed by atoms with E-state index in [2.05, 4.69) is 19.2 Å². The lowest BCUT2D eigenvalue weighted by Gasteiger charge is -2.21. The first-order valence-electron chi connectivity index (χ1n) is 7.72. The summed E-state index contributed by atoms with van der Waals surface area (Å²) in [7, 11) is -3.01. The Bertz CT molecular complexity index is 373. The Kier molecular flexibility index (Phi) is 5.26. The van der Waals surface area contributed by atoms with Gasteiger partial charge in [0.15, 0.2) is 0 Å². The van der Waals surface area contributed by atoms with Crippen molar-refractivity contribution >= 4 is 10.0 Å². The van der Waals surface area contributed by atoms with E-state index < -0.39 is 10.0 Å². The highest BCUT2D eigenvalue weighted by Gasteiger charge is 2.39. The predicted octanol–water partition coefficient (Wildman–Crippen LogP) is 1.97. The topological polar surface area (TPSA) is 49.4 Å². The van der Waals surface area contributed by atoms with E-state index in [0.29, 0.717) is 23.8 Å². The lowest BCUT2D eigenvalue weighted by Crippen LogP contribution is -2.36. The van der Waals surface area contributed by atoms with Crippen LogP contribution in [0.1, 0.15) is 52.4 Å². The molecule has 1 N–H and O–H groups in total. The van der Waals surface area contributed by atoms with Gasteiger partial charge in [-0.3, -0.25) is 0 Å². The van der Waals surface area contributed by atoms with Gasteiger partial charge in [-0.1, -0.05) is 13.8 Å². The van der Waals surface area contributed by atoms with Gasteiger partial charge in [-0.2, -0.15) is 4.31 Å². The Morgan fingerprint density at radius 3 is 2.37 bits per heavy atom. The van der Waals surface area contributed by atoms with E-state index in [9.17, 15) is 8.42 Å². The third-order valence-corrected chi connectivity index (χ3v) is 5.79. The molecule has 0 amide bonds. The molecule has 2 aliphatic carbocycles. The summed E-state index contributed by atoms with van der Waals surface area (Å²) in [6.45, 7) is 5.93. The molecule has 0 bridgehead atoms. The molecule has 0 aliphatic heterocycles. The number of hydrogen-bond donors (Lipinski definition) is 1. The van der Waals surface area contributed by atoms with Gasteiger partial charge in [0.05, 0.1) is 5.75 Å². The minimum absolute atomic E-state index is 0.329. The molecule has 0 aromatic heterocycles. The molecule has 2 rings (SSSR count). The normalized spacial score (nSPS) is 20.4. The highest BCUT2D eigenvalue weighted by molar-refractivity contribution is 7.89. The van der Waals surface area contributed by atoms with Gasteiger partial charge in [0.25, 0.3) is 0 Å². The molecule has 0 unspecified atom stereocenters. The van der Waals surface area contributed by atoms with Crippen molar-refractivity contribution in [2.45, 2.75) is 64.5 Å². The number of sulfonamides is 1. The molecule has 0 aromatic rings. The standard InChI is InChI=1S/C14H28N2O2S/c1-12(2)15-9-3-4-10-19(17,18)16(14-7-8-14)11-13-5-6-13/h12-15H,3-11H2,1-2H3. The molecule has 0 radical (unpaired) electrons. The van der Waals surface area contributed by atoms with Crippen molar-refractivity contribution in [2.75, 3.05) is 18.8 Å². The maximum atomic E-state index is 12.4. The molecular formula is C14H28N2O2S. The van der Waals surface area contributed by atoms with Gasteiger partial charge in [0, 0.05) is 18.6 Å². The highest BCUT2D eigenvalue weighted by Crippen LogP contribution is 2.36. The van der Waals surface area contributed by atoms with Crippen LogP contribution in [0, 0.1) is 5.92 Å². The molecule has 112 valence electrons. The molecule has 19 heavy (non-hydrogen) atoms. The number of unbranched alkanes of at least 4 members (excludes halogenated alkanes) is 1. The SMILES string of the molecule is CC(C)NCCCCS(=O)(=O)N(CC1CC1)C1CC1. The van der Waals surface area contributed by atoms with E-state index in [1.54, 1.807) is 0 Å². The van der Waals surface area contributed by atoms with E-state index in [1.807, 2.05) is 4.31 Å². The summed E-state index contributed by atoms with van der Waals surface area (Å²) >= 11 is 0. The minimum atomic E-state index is -3.01. The zero-order chi connectivity index (χ0) is 13.9. The minimum Gasteiger partial charge on any atom is -0.315 e. The van der Waals surface area contributed by atoms with E-state index in [-0.39, 0.29) is 0 Å². The summed E-state index contributed by atoms with van der Waals surface area (Å²) in [5, 5.41) is 3.33. The first-order valence-corrected chi connectivity index (χ1v) is 9.33. The van der Waals surface area contributed by atoms with Crippen molar-refractivity contribution in [3.63, 3.8) is 0 Å². The van der Waals surface area contributed by atoms with Crippen LogP contribution < -0.4 is 5.32 Å². The number of rotatable bonds is 10. The molecule has 5 heteroatoms. The van der Waals surface area contributed by atoms with Crippen LogP contribution >= 0.6 is 0 Å². The van der Waals surface area contributed by atoms with Crippen LogP contribution in [0.2, 0.25) is 0 Å². The average molecular weight is 288 g/mol. The predicted molar refractivity (Wildman–Crippen MR) is 78.6 cm³/mol. The monoisotopic (exact) mass is 288 g/mol. The van der Waals surface area contributed by atoms with Crippen molar-refractivity contribution in [3.05, 3.63) is 0 Å². The first-order chi connectivity index (χ1) is 8.99. The molecular weight excluding hydrogens is 260 g/mol. The molecule has 2 fully saturated rings. The number of hydrogen-bond acceptors (Lipinski definition) is 3. The van der Waals surface area contributed by atoms with E-state index in [1.165, 1.54) is 12.8 Å². The van der Waals surface area contributed by atoms with Crippen LogP contribution in [0.25, 0.3) is 0 Å². The smallest absolute Gasteiger partial charge is 0.214 e. The van der Waals surface area contributed by atoms with E-state index in [0.717, 1.165) is 38.8 Å². The molecule has 2 saturated carbocycles. The van der Waals surface area contributed by atoms with Crippen molar-refractivity contribution in [3.8, 4) is 0 Å². The van der Waals surface area contributed by atoms with Crippen LogP contribution in [-0.4, -0.2) is 43.6 Å². The van der Waals surface area contributed by atoms with Crippen LogP contribution in [0.4, 0.5) is 0 Å². The Morgan fingerprint density at radius 2 is 1.84 bits per heavy atom. The zero-order valence-electron chi connectivity index (χ0n) is 12.3. The maximum Gasteiger partial charge on any atom is 0.214 e. The second kappa shape index (κ2) is 6.55. The second-order valence-corrected chi connectivity index (χ2v) is 8.42. The highest BCUT2D eigenvalue weighted by atomic mass is 32.2. The lowest BCUT2D eigenvalue weighted by atomic mass is 10.3. The quantitative estimate of drug-likeness (QED) is 0.625. The molecule has 0 atom stereocenters. The summed E-state index contributed by atoms with van der Waals surface area (Å²) in [5.74, 6) is 0.980. The zero-order valence-corrected chi connectivity index (χ0v) is 13.1. The van der Waals surface area contributed by atoms with Gasteiger partial charge in [0.1, 0.15) is 0 Å². The lowest BCUT2D eigenvalue weighted by molar-refractivity contribution is 0.387. The molecule has 4 nitrogen and oxygen atoms in total. The van der Waals surface area contributed by atoms with Crippen molar-refractivity contribution in [1.29, 1.82) is 0 Å². The maximum absolute atomic E-state index is 12.4. The van der Waals surface area contributed by atoms with Gasteiger partial charge in [-0.25, -0.2) is 8.42 Å².